The number of ether oxygens (including phenoxy) is 1. The number of nitrogens with one attached hydrogen (secondary N) is 1. The van der Waals surface area contributed by atoms with Gasteiger partial charge in [-0.15, -0.1) is 0 Å². The Hall–Kier alpha value is -2.34. The zero-order valence-corrected chi connectivity index (χ0v) is 12.3. The van der Waals surface area contributed by atoms with E-state index in [4.69, 9.17) is 16.3 Å². The van der Waals surface area contributed by atoms with Gasteiger partial charge in [0.1, 0.15) is 12.4 Å². The van der Waals surface area contributed by atoms with Crippen LogP contribution < -0.4 is 5.32 Å². The molecule has 0 radical (unpaired) electrons. The molecule has 0 amide bonds. The van der Waals surface area contributed by atoms with E-state index in [0.717, 1.165) is 5.56 Å². The molecule has 1 N–H and O–H groups in total. The van der Waals surface area contributed by atoms with Gasteiger partial charge in [-0.1, -0.05) is 29.8 Å². The molecule has 1 aliphatic heterocycles. The third-order valence-corrected chi connectivity index (χ3v) is 3.74. The maximum Gasteiger partial charge on any atom is 0.338 e. The average Bonchev–Trinajstić information content (AvgIpc) is 2.93. The van der Waals surface area contributed by atoms with Crippen molar-refractivity contribution in [3.8, 4) is 0 Å². The van der Waals surface area contributed by atoms with Crippen LogP contribution in [0.25, 0.3) is 0 Å². The number of fused-ring (bicyclic) bond motifs is 1. The second-order valence-corrected chi connectivity index (χ2v) is 5.01. The fourth-order valence-corrected chi connectivity index (χ4v) is 2.69. The Bertz CT molecular complexity index is 738. The highest BCUT2D eigenvalue weighted by Gasteiger charge is 2.34. The number of allylic oxidation sites excluding steroid dienone is 1. The standard InChI is InChI=1S/C14H13ClN4O2/c1-8-11(13(20)21-2)12(9-5-3-4-6-10(9)15)19-14(18-8)16-7-17-19/h3-7,12H,1-2H3,(H,16,17,18)/t12-/m1/s1. The summed E-state index contributed by atoms with van der Waals surface area (Å²) in [4.78, 5) is 16.3. The van der Waals surface area contributed by atoms with E-state index in [0.29, 0.717) is 22.2 Å². The molecule has 0 aliphatic carbocycles. The highest BCUT2D eigenvalue weighted by atomic mass is 35.5. The van der Waals surface area contributed by atoms with Crippen LogP contribution in [0.15, 0.2) is 41.9 Å². The molecule has 0 spiro atoms. The summed E-state index contributed by atoms with van der Waals surface area (Å²) in [6.07, 6.45) is 1.43. The quantitative estimate of drug-likeness (QED) is 0.863. The van der Waals surface area contributed by atoms with Gasteiger partial charge < -0.3 is 10.1 Å². The number of nitrogens with zero attached hydrogens (tertiary/aromatic N) is 3. The number of anilines is 1. The summed E-state index contributed by atoms with van der Waals surface area (Å²) in [6.45, 7) is 1.80. The molecule has 3 rings (SSSR count). The van der Waals surface area contributed by atoms with Crippen molar-refractivity contribution in [1.82, 2.24) is 14.8 Å². The van der Waals surface area contributed by atoms with Gasteiger partial charge in [-0.05, 0) is 13.0 Å². The Labute approximate surface area is 126 Å². The van der Waals surface area contributed by atoms with Gasteiger partial charge in [-0.25, -0.2) is 9.48 Å². The monoisotopic (exact) mass is 304 g/mol. The van der Waals surface area contributed by atoms with E-state index in [9.17, 15) is 4.79 Å². The Balaban J connectivity index is 2.23. The zero-order chi connectivity index (χ0) is 15.0. The number of rotatable bonds is 2. The minimum Gasteiger partial charge on any atom is -0.466 e. The van der Waals surface area contributed by atoms with Crippen molar-refractivity contribution in [2.24, 2.45) is 0 Å². The van der Waals surface area contributed by atoms with E-state index < -0.39 is 12.0 Å². The zero-order valence-electron chi connectivity index (χ0n) is 11.5. The maximum absolute atomic E-state index is 12.2. The number of halogens is 1. The third-order valence-electron chi connectivity index (χ3n) is 3.40. The van der Waals surface area contributed by atoms with Gasteiger partial charge >= 0.3 is 5.97 Å². The summed E-state index contributed by atoms with van der Waals surface area (Å²) in [5.74, 6) is 0.135. The van der Waals surface area contributed by atoms with Crippen LogP contribution in [-0.2, 0) is 9.53 Å². The van der Waals surface area contributed by atoms with Crippen molar-refractivity contribution in [2.75, 3.05) is 12.4 Å². The molecule has 108 valence electrons. The molecule has 2 aromatic rings. The second-order valence-electron chi connectivity index (χ2n) is 4.61. The Morgan fingerprint density at radius 2 is 2.19 bits per heavy atom. The lowest BCUT2D eigenvalue weighted by Crippen LogP contribution is -2.29. The summed E-state index contributed by atoms with van der Waals surface area (Å²) in [7, 11) is 1.35. The fourth-order valence-electron chi connectivity index (χ4n) is 2.45. The summed E-state index contributed by atoms with van der Waals surface area (Å²) in [5, 5.41) is 7.80. The Morgan fingerprint density at radius 1 is 1.43 bits per heavy atom. The number of carbonyl (C=O) groups excluding carboxylic acids is 1. The van der Waals surface area contributed by atoms with Crippen LogP contribution in [0, 0.1) is 0 Å². The summed E-state index contributed by atoms with van der Waals surface area (Å²) in [6, 6.07) is 6.87. The van der Waals surface area contributed by atoms with Gasteiger partial charge in [-0.3, -0.25) is 0 Å². The molecule has 1 aromatic carbocycles. The maximum atomic E-state index is 12.2. The van der Waals surface area contributed by atoms with Crippen molar-refractivity contribution in [2.45, 2.75) is 13.0 Å². The van der Waals surface area contributed by atoms with Crippen molar-refractivity contribution in [3.05, 3.63) is 52.4 Å². The molecule has 1 aromatic heterocycles. The molecule has 0 bridgehead atoms. The third kappa shape index (κ3) is 2.17. The average molecular weight is 305 g/mol. The topological polar surface area (TPSA) is 69.0 Å². The van der Waals surface area contributed by atoms with E-state index in [1.807, 2.05) is 18.2 Å². The molecule has 21 heavy (non-hydrogen) atoms. The van der Waals surface area contributed by atoms with Gasteiger partial charge in [0.2, 0.25) is 5.95 Å². The van der Waals surface area contributed by atoms with Crippen LogP contribution in [0.1, 0.15) is 18.5 Å². The number of methoxy groups -OCH3 is 1. The van der Waals surface area contributed by atoms with Gasteiger partial charge in [0, 0.05) is 16.3 Å². The molecule has 0 saturated heterocycles. The predicted octanol–water partition coefficient (Wildman–Crippen LogP) is 2.39. The Morgan fingerprint density at radius 3 is 2.90 bits per heavy atom. The first-order valence-corrected chi connectivity index (χ1v) is 6.71. The van der Waals surface area contributed by atoms with Gasteiger partial charge in [0.25, 0.3) is 0 Å². The molecule has 0 saturated carbocycles. The fraction of sp³-hybridized carbons (Fsp3) is 0.214. The lowest BCUT2D eigenvalue weighted by atomic mass is 9.96. The van der Waals surface area contributed by atoms with Crippen LogP contribution in [0.5, 0.6) is 0 Å². The first-order chi connectivity index (χ1) is 10.1. The van der Waals surface area contributed by atoms with E-state index in [-0.39, 0.29) is 0 Å². The molecular formula is C14H13ClN4O2. The van der Waals surface area contributed by atoms with Crippen LogP contribution in [0.3, 0.4) is 0 Å². The molecule has 2 heterocycles. The van der Waals surface area contributed by atoms with Gasteiger partial charge in [-0.2, -0.15) is 10.1 Å². The number of hydrogen-bond donors (Lipinski definition) is 1. The first kappa shape index (κ1) is 13.6. The van der Waals surface area contributed by atoms with E-state index in [2.05, 4.69) is 15.4 Å². The van der Waals surface area contributed by atoms with Crippen LogP contribution in [-0.4, -0.2) is 27.8 Å². The first-order valence-electron chi connectivity index (χ1n) is 6.33. The number of esters is 1. The van der Waals surface area contributed by atoms with Crippen LogP contribution >= 0.6 is 11.6 Å². The number of aromatic nitrogens is 3. The molecule has 7 heteroatoms. The van der Waals surface area contributed by atoms with Crippen LogP contribution in [0.4, 0.5) is 5.95 Å². The summed E-state index contributed by atoms with van der Waals surface area (Å²) < 4.78 is 6.53. The van der Waals surface area contributed by atoms with Crippen molar-refractivity contribution < 1.29 is 9.53 Å². The van der Waals surface area contributed by atoms with E-state index in [1.54, 1.807) is 17.7 Å². The molecule has 0 unspecified atom stereocenters. The lowest BCUT2D eigenvalue weighted by molar-refractivity contribution is -0.136. The van der Waals surface area contributed by atoms with Crippen LogP contribution in [0.2, 0.25) is 5.02 Å². The summed E-state index contributed by atoms with van der Waals surface area (Å²) >= 11 is 6.30. The van der Waals surface area contributed by atoms with E-state index >= 15 is 0 Å². The molecule has 1 aliphatic rings. The molecule has 0 fully saturated rings. The van der Waals surface area contributed by atoms with Crippen molar-refractivity contribution in [1.29, 1.82) is 0 Å². The Kier molecular flexibility index (Phi) is 3.39. The minimum absolute atomic E-state index is 0.425. The number of benzene rings is 1. The largest absolute Gasteiger partial charge is 0.466 e. The van der Waals surface area contributed by atoms with Crippen molar-refractivity contribution in [3.63, 3.8) is 0 Å². The summed E-state index contributed by atoms with van der Waals surface area (Å²) in [5.41, 5.74) is 1.91. The molecule has 6 nitrogen and oxygen atoms in total. The minimum atomic E-state index is -0.468. The highest BCUT2D eigenvalue weighted by molar-refractivity contribution is 6.31. The smallest absolute Gasteiger partial charge is 0.338 e. The number of hydrogen-bond acceptors (Lipinski definition) is 5. The van der Waals surface area contributed by atoms with Gasteiger partial charge in [0.05, 0.1) is 12.7 Å². The normalized spacial score (nSPS) is 17.2. The van der Waals surface area contributed by atoms with Gasteiger partial charge in [0.15, 0.2) is 0 Å². The lowest BCUT2D eigenvalue weighted by Gasteiger charge is -2.28. The van der Waals surface area contributed by atoms with E-state index in [1.165, 1.54) is 13.4 Å². The second kappa shape index (κ2) is 5.21. The number of carbonyl (C=O) groups is 1. The predicted molar refractivity (Wildman–Crippen MR) is 78.0 cm³/mol. The molecular weight excluding hydrogens is 292 g/mol. The SMILES string of the molecule is COC(=O)C1=C(C)Nc2ncnn2[C@@H]1c1ccccc1Cl. The highest BCUT2D eigenvalue weighted by Crippen LogP contribution is 2.37. The molecule has 1 atom stereocenters. The van der Waals surface area contributed by atoms with Crippen molar-refractivity contribution >= 4 is 23.5 Å².